The highest BCUT2D eigenvalue weighted by Crippen LogP contribution is 2.22. The zero-order valence-electron chi connectivity index (χ0n) is 13.0. The number of halogens is 2. The molecule has 0 radical (unpaired) electrons. The van der Waals surface area contributed by atoms with E-state index < -0.39 is 5.91 Å². The predicted molar refractivity (Wildman–Crippen MR) is 96.3 cm³/mol. The Morgan fingerprint density at radius 1 is 1.17 bits per heavy atom. The number of carbonyl (C=O) groups excluding carboxylic acids is 1. The number of hydrazone groups is 1. The molecule has 7 heteroatoms. The van der Waals surface area contributed by atoms with Crippen LogP contribution in [0.15, 0.2) is 39.9 Å². The van der Waals surface area contributed by atoms with Gasteiger partial charge in [-0.2, -0.15) is 5.10 Å². The van der Waals surface area contributed by atoms with Gasteiger partial charge < -0.3 is 9.32 Å². The van der Waals surface area contributed by atoms with Crippen LogP contribution in [0.4, 0.5) is 5.88 Å². The van der Waals surface area contributed by atoms with Crippen LogP contribution in [0, 0.1) is 0 Å². The van der Waals surface area contributed by atoms with Gasteiger partial charge in [-0.15, -0.1) is 0 Å². The third-order valence-corrected chi connectivity index (χ3v) is 4.36. The average Bonchev–Trinajstić information content (AvgIpc) is 3.04. The van der Waals surface area contributed by atoms with Crippen LogP contribution >= 0.6 is 23.2 Å². The summed E-state index contributed by atoms with van der Waals surface area (Å²) < 4.78 is 5.73. The maximum absolute atomic E-state index is 12.0. The largest absolute Gasteiger partial charge is 0.440 e. The molecule has 0 saturated carbocycles. The van der Waals surface area contributed by atoms with Crippen LogP contribution < -0.4 is 10.3 Å². The summed E-state index contributed by atoms with van der Waals surface area (Å²) in [6, 6.07) is 8.42. The molecule has 126 valence electrons. The van der Waals surface area contributed by atoms with Gasteiger partial charge in [0, 0.05) is 24.2 Å². The summed E-state index contributed by atoms with van der Waals surface area (Å²) in [6.07, 6.45) is 5.10. The standard InChI is InChI=1S/C17H17Cl2N3O2/c18-12-4-6-14(15(19)10-12)17(23)21-20-11-13-5-7-16(24-13)22-8-2-1-3-9-22/h4-7,10-11H,1-3,8-9H2,(H,21,23)/b20-11+. The highest BCUT2D eigenvalue weighted by atomic mass is 35.5. The molecule has 1 fully saturated rings. The second-order valence-corrected chi connectivity index (χ2v) is 6.39. The summed E-state index contributed by atoms with van der Waals surface area (Å²) in [6.45, 7) is 2.02. The van der Waals surface area contributed by atoms with E-state index in [9.17, 15) is 4.79 Å². The normalized spacial score (nSPS) is 15.0. The number of anilines is 1. The van der Waals surface area contributed by atoms with Crippen molar-refractivity contribution in [3.8, 4) is 0 Å². The summed E-state index contributed by atoms with van der Waals surface area (Å²) in [7, 11) is 0. The van der Waals surface area contributed by atoms with Crippen LogP contribution in [0.25, 0.3) is 0 Å². The molecule has 2 heterocycles. The summed E-state index contributed by atoms with van der Waals surface area (Å²) in [5.74, 6) is 1.01. The molecular weight excluding hydrogens is 349 g/mol. The van der Waals surface area contributed by atoms with Crippen molar-refractivity contribution in [3.05, 3.63) is 51.7 Å². The zero-order chi connectivity index (χ0) is 16.9. The third-order valence-electron chi connectivity index (χ3n) is 3.81. The Labute approximate surface area is 150 Å². The number of amides is 1. The lowest BCUT2D eigenvalue weighted by atomic mass is 10.1. The highest BCUT2D eigenvalue weighted by molar-refractivity contribution is 6.36. The lowest BCUT2D eigenvalue weighted by molar-refractivity contribution is 0.0955. The number of nitrogens with one attached hydrogen (secondary N) is 1. The molecule has 1 aromatic carbocycles. The van der Waals surface area contributed by atoms with Gasteiger partial charge in [0.25, 0.3) is 5.91 Å². The molecular formula is C17H17Cl2N3O2. The summed E-state index contributed by atoms with van der Waals surface area (Å²) in [5, 5.41) is 4.66. The zero-order valence-corrected chi connectivity index (χ0v) is 14.5. The van der Waals surface area contributed by atoms with Crippen molar-refractivity contribution >= 4 is 41.2 Å². The Kier molecular flexibility index (Phi) is 5.43. The lowest BCUT2D eigenvalue weighted by Gasteiger charge is -2.25. The quantitative estimate of drug-likeness (QED) is 0.647. The van der Waals surface area contributed by atoms with Crippen molar-refractivity contribution in [1.82, 2.24) is 5.43 Å². The summed E-state index contributed by atoms with van der Waals surface area (Å²) in [4.78, 5) is 14.2. The molecule has 1 aliphatic rings. The second kappa shape index (κ2) is 7.73. The molecule has 1 aromatic heterocycles. The van der Waals surface area contributed by atoms with Gasteiger partial charge in [-0.25, -0.2) is 5.43 Å². The van der Waals surface area contributed by atoms with E-state index in [2.05, 4.69) is 15.4 Å². The molecule has 2 aromatic rings. The van der Waals surface area contributed by atoms with Gasteiger partial charge in [-0.1, -0.05) is 23.2 Å². The molecule has 5 nitrogen and oxygen atoms in total. The number of carbonyl (C=O) groups is 1. The van der Waals surface area contributed by atoms with E-state index in [4.69, 9.17) is 27.6 Å². The van der Waals surface area contributed by atoms with E-state index in [1.54, 1.807) is 12.1 Å². The average molecular weight is 366 g/mol. The van der Waals surface area contributed by atoms with Gasteiger partial charge in [0.2, 0.25) is 0 Å². The molecule has 24 heavy (non-hydrogen) atoms. The molecule has 3 rings (SSSR count). The van der Waals surface area contributed by atoms with E-state index in [0.29, 0.717) is 16.3 Å². The molecule has 0 unspecified atom stereocenters. The van der Waals surface area contributed by atoms with Gasteiger partial charge >= 0.3 is 0 Å². The monoisotopic (exact) mass is 365 g/mol. The number of furan rings is 1. The first-order valence-corrected chi connectivity index (χ1v) is 8.52. The number of piperidine rings is 1. The van der Waals surface area contributed by atoms with Crippen LogP contribution in [0.1, 0.15) is 35.4 Å². The fourth-order valence-corrected chi connectivity index (χ4v) is 3.08. The summed E-state index contributed by atoms with van der Waals surface area (Å²) >= 11 is 11.8. The van der Waals surface area contributed by atoms with Crippen molar-refractivity contribution in [2.24, 2.45) is 5.10 Å². The predicted octanol–water partition coefficient (Wildman–Crippen LogP) is 4.34. The van der Waals surface area contributed by atoms with Gasteiger partial charge in [0.05, 0.1) is 16.8 Å². The maximum Gasteiger partial charge on any atom is 0.272 e. The van der Waals surface area contributed by atoms with E-state index in [1.807, 2.05) is 12.1 Å². The van der Waals surface area contributed by atoms with Crippen molar-refractivity contribution in [2.75, 3.05) is 18.0 Å². The molecule has 0 spiro atoms. The number of benzene rings is 1. The fraction of sp³-hybridized carbons (Fsp3) is 0.294. The smallest absolute Gasteiger partial charge is 0.272 e. The maximum atomic E-state index is 12.0. The number of hydrogen-bond donors (Lipinski definition) is 1. The van der Waals surface area contributed by atoms with Crippen molar-refractivity contribution in [1.29, 1.82) is 0 Å². The number of rotatable bonds is 4. The Morgan fingerprint density at radius 3 is 2.71 bits per heavy atom. The Morgan fingerprint density at radius 2 is 1.96 bits per heavy atom. The van der Waals surface area contributed by atoms with Crippen LogP contribution in [-0.4, -0.2) is 25.2 Å². The Hall–Kier alpha value is -1.98. The Balaban J connectivity index is 1.60. The molecule has 1 aliphatic heterocycles. The van der Waals surface area contributed by atoms with Crippen LogP contribution in [0.5, 0.6) is 0 Å². The van der Waals surface area contributed by atoms with E-state index in [0.717, 1.165) is 19.0 Å². The minimum Gasteiger partial charge on any atom is -0.440 e. The van der Waals surface area contributed by atoms with E-state index >= 15 is 0 Å². The first-order valence-electron chi connectivity index (χ1n) is 7.77. The van der Waals surface area contributed by atoms with Crippen LogP contribution in [-0.2, 0) is 0 Å². The van der Waals surface area contributed by atoms with Crippen molar-refractivity contribution in [3.63, 3.8) is 0 Å². The van der Waals surface area contributed by atoms with Gasteiger partial charge in [-0.05, 0) is 43.5 Å². The topological polar surface area (TPSA) is 57.8 Å². The van der Waals surface area contributed by atoms with E-state index in [-0.39, 0.29) is 5.02 Å². The first kappa shape index (κ1) is 16.9. The third kappa shape index (κ3) is 4.10. The van der Waals surface area contributed by atoms with Crippen LogP contribution in [0.2, 0.25) is 10.0 Å². The molecule has 0 atom stereocenters. The highest BCUT2D eigenvalue weighted by Gasteiger charge is 2.14. The lowest BCUT2D eigenvalue weighted by Crippen LogP contribution is -2.28. The van der Waals surface area contributed by atoms with Gasteiger partial charge in [0.1, 0.15) is 5.76 Å². The molecule has 1 N–H and O–H groups in total. The van der Waals surface area contributed by atoms with E-state index in [1.165, 1.54) is 31.5 Å². The number of nitrogens with zero attached hydrogens (tertiary/aromatic N) is 2. The van der Waals surface area contributed by atoms with Gasteiger partial charge in [0.15, 0.2) is 5.88 Å². The molecule has 1 saturated heterocycles. The molecule has 0 bridgehead atoms. The SMILES string of the molecule is O=C(N/N=C/c1ccc(N2CCCCC2)o1)c1ccc(Cl)cc1Cl. The molecule has 1 amide bonds. The summed E-state index contributed by atoms with van der Waals surface area (Å²) in [5.41, 5.74) is 2.74. The number of hydrogen-bond acceptors (Lipinski definition) is 4. The minimum atomic E-state index is -0.407. The fourth-order valence-electron chi connectivity index (χ4n) is 2.58. The van der Waals surface area contributed by atoms with Crippen LogP contribution in [0.3, 0.4) is 0 Å². The second-order valence-electron chi connectivity index (χ2n) is 5.55. The first-order chi connectivity index (χ1) is 11.6. The van der Waals surface area contributed by atoms with Crippen molar-refractivity contribution in [2.45, 2.75) is 19.3 Å². The van der Waals surface area contributed by atoms with Gasteiger partial charge in [-0.3, -0.25) is 4.79 Å². The minimum absolute atomic E-state index is 0.278. The Bertz CT molecular complexity index is 752. The van der Waals surface area contributed by atoms with Crippen molar-refractivity contribution < 1.29 is 9.21 Å². The molecule has 0 aliphatic carbocycles.